The molecule has 0 saturated heterocycles. The minimum Gasteiger partial charge on any atom is -0.385 e. The molecule has 0 spiro atoms. The topological polar surface area (TPSA) is 12.0 Å². The lowest BCUT2D eigenvalue weighted by Crippen LogP contribution is -2.11. The monoisotopic (exact) mass is 205 g/mol. The molecule has 1 N–H and O–H groups in total. The van der Waals surface area contributed by atoms with Crippen LogP contribution in [0.3, 0.4) is 0 Å². The van der Waals surface area contributed by atoms with Gasteiger partial charge in [0.25, 0.3) is 0 Å². The summed E-state index contributed by atoms with van der Waals surface area (Å²) in [4.78, 5) is 0. The van der Waals surface area contributed by atoms with Crippen LogP contribution in [-0.2, 0) is 0 Å². The third-order valence-electron chi connectivity index (χ3n) is 2.82. The first-order valence-electron chi connectivity index (χ1n) is 5.94. The molecule has 84 valence electrons. The Bertz CT molecular complexity index is 304. The Kier molecular flexibility index (Phi) is 4.67. The molecule has 0 heterocycles. The lowest BCUT2D eigenvalue weighted by atomic mass is 10.1. The molecule has 1 heteroatoms. The molecular weight excluding hydrogens is 182 g/mol. The van der Waals surface area contributed by atoms with Crippen LogP contribution >= 0.6 is 0 Å². The molecule has 1 aromatic rings. The molecule has 1 unspecified atom stereocenters. The largest absolute Gasteiger partial charge is 0.385 e. The molecule has 0 aliphatic heterocycles. The van der Waals surface area contributed by atoms with Gasteiger partial charge < -0.3 is 5.32 Å². The van der Waals surface area contributed by atoms with E-state index < -0.39 is 0 Å². The molecule has 0 aliphatic rings. The lowest BCUT2D eigenvalue weighted by Gasteiger charge is -2.14. The highest BCUT2D eigenvalue weighted by molar-refractivity contribution is 5.52. The third kappa shape index (κ3) is 3.94. The maximum atomic E-state index is 3.54. The summed E-state index contributed by atoms with van der Waals surface area (Å²) >= 11 is 0. The first-order valence-corrected chi connectivity index (χ1v) is 5.94. The van der Waals surface area contributed by atoms with Gasteiger partial charge in [0.05, 0.1) is 0 Å². The highest BCUT2D eigenvalue weighted by Crippen LogP contribution is 2.17. The minimum absolute atomic E-state index is 0.759. The number of nitrogens with one attached hydrogen (secondary N) is 1. The second-order valence-corrected chi connectivity index (χ2v) is 4.59. The molecular formula is C14H23N. The summed E-state index contributed by atoms with van der Waals surface area (Å²) in [5.74, 6) is 0.759. The summed E-state index contributed by atoms with van der Waals surface area (Å²) in [6.07, 6.45) is 2.58. The van der Waals surface area contributed by atoms with Gasteiger partial charge in [-0.25, -0.2) is 0 Å². The average Bonchev–Trinajstić information content (AvgIpc) is 2.20. The van der Waals surface area contributed by atoms with Gasteiger partial charge in [0.1, 0.15) is 0 Å². The molecule has 0 bridgehead atoms. The highest BCUT2D eigenvalue weighted by Gasteiger charge is 2.02. The molecule has 0 aromatic heterocycles. The van der Waals surface area contributed by atoms with E-state index >= 15 is 0 Å². The van der Waals surface area contributed by atoms with Crippen molar-refractivity contribution in [2.75, 3.05) is 11.9 Å². The number of hydrogen-bond acceptors (Lipinski definition) is 1. The van der Waals surface area contributed by atoms with Crippen molar-refractivity contribution in [3.63, 3.8) is 0 Å². The van der Waals surface area contributed by atoms with Crippen LogP contribution in [0, 0.1) is 19.8 Å². The lowest BCUT2D eigenvalue weighted by molar-refractivity contribution is 0.550. The second kappa shape index (κ2) is 5.79. The smallest absolute Gasteiger partial charge is 0.0372 e. The standard InChI is InChI=1S/C14H23N/c1-5-6-12(3)10-15-14-9-11(2)7-8-13(14)4/h7-9,12,15H,5-6,10H2,1-4H3. The quantitative estimate of drug-likeness (QED) is 0.761. The van der Waals surface area contributed by atoms with Crippen LogP contribution in [0.1, 0.15) is 37.8 Å². The van der Waals surface area contributed by atoms with E-state index in [2.05, 4.69) is 51.2 Å². The van der Waals surface area contributed by atoms with Crippen LogP contribution in [0.15, 0.2) is 18.2 Å². The van der Waals surface area contributed by atoms with E-state index in [9.17, 15) is 0 Å². The number of anilines is 1. The van der Waals surface area contributed by atoms with Crippen LogP contribution in [0.4, 0.5) is 5.69 Å². The minimum atomic E-state index is 0.759. The fourth-order valence-corrected chi connectivity index (χ4v) is 1.81. The Morgan fingerprint density at radius 2 is 2.00 bits per heavy atom. The van der Waals surface area contributed by atoms with Gasteiger partial charge in [-0.15, -0.1) is 0 Å². The number of rotatable bonds is 5. The Morgan fingerprint density at radius 3 is 2.67 bits per heavy atom. The van der Waals surface area contributed by atoms with Gasteiger partial charge >= 0.3 is 0 Å². The van der Waals surface area contributed by atoms with Crippen molar-refractivity contribution in [2.24, 2.45) is 5.92 Å². The normalized spacial score (nSPS) is 12.5. The zero-order chi connectivity index (χ0) is 11.3. The number of aryl methyl sites for hydroxylation is 2. The molecule has 0 fully saturated rings. The van der Waals surface area contributed by atoms with Crippen molar-refractivity contribution in [1.82, 2.24) is 0 Å². The van der Waals surface area contributed by atoms with E-state index in [1.165, 1.54) is 29.7 Å². The van der Waals surface area contributed by atoms with Crippen LogP contribution in [0.5, 0.6) is 0 Å². The summed E-state index contributed by atoms with van der Waals surface area (Å²) in [7, 11) is 0. The molecule has 1 atom stereocenters. The maximum Gasteiger partial charge on any atom is 0.0372 e. The van der Waals surface area contributed by atoms with Crippen LogP contribution in [-0.4, -0.2) is 6.54 Å². The molecule has 0 amide bonds. The molecule has 0 radical (unpaired) electrons. The Hall–Kier alpha value is -0.980. The van der Waals surface area contributed by atoms with Gasteiger partial charge in [0, 0.05) is 12.2 Å². The summed E-state index contributed by atoms with van der Waals surface area (Å²) in [6, 6.07) is 6.58. The first-order chi connectivity index (χ1) is 7.13. The highest BCUT2D eigenvalue weighted by atomic mass is 14.9. The summed E-state index contributed by atoms with van der Waals surface area (Å²) < 4.78 is 0. The number of hydrogen-bond donors (Lipinski definition) is 1. The molecule has 1 rings (SSSR count). The van der Waals surface area contributed by atoms with Gasteiger partial charge in [-0.05, 0) is 43.4 Å². The molecule has 0 aliphatic carbocycles. The van der Waals surface area contributed by atoms with Crippen molar-refractivity contribution in [2.45, 2.75) is 40.5 Å². The van der Waals surface area contributed by atoms with E-state index in [-0.39, 0.29) is 0 Å². The van der Waals surface area contributed by atoms with Gasteiger partial charge in [-0.2, -0.15) is 0 Å². The molecule has 1 nitrogen and oxygen atoms in total. The predicted octanol–water partition coefficient (Wildman–Crippen LogP) is 4.15. The van der Waals surface area contributed by atoms with E-state index in [1.807, 2.05) is 0 Å². The Labute approximate surface area is 93.9 Å². The van der Waals surface area contributed by atoms with Gasteiger partial charge in [-0.1, -0.05) is 32.4 Å². The van der Waals surface area contributed by atoms with Crippen molar-refractivity contribution in [1.29, 1.82) is 0 Å². The first kappa shape index (κ1) is 12.1. The fourth-order valence-electron chi connectivity index (χ4n) is 1.81. The summed E-state index contributed by atoms with van der Waals surface area (Å²) in [5.41, 5.74) is 3.95. The van der Waals surface area contributed by atoms with E-state index in [0.717, 1.165) is 12.5 Å². The second-order valence-electron chi connectivity index (χ2n) is 4.59. The van der Waals surface area contributed by atoms with Crippen molar-refractivity contribution >= 4 is 5.69 Å². The van der Waals surface area contributed by atoms with Gasteiger partial charge in [0.15, 0.2) is 0 Å². The Morgan fingerprint density at radius 1 is 1.27 bits per heavy atom. The van der Waals surface area contributed by atoms with Crippen molar-refractivity contribution in [3.05, 3.63) is 29.3 Å². The number of benzene rings is 1. The molecule has 0 saturated carbocycles. The van der Waals surface area contributed by atoms with Gasteiger partial charge in [0.2, 0.25) is 0 Å². The summed E-state index contributed by atoms with van der Waals surface area (Å²) in [6.45, 7) is 9.93. The van der Waals surface area contributed by atoms with E-state index in [0.29, 0.717) is 0 Å². The zero-order valence-corrected chi connectivity index (χ0v) is 10.4. The average molecular weight is 205 g/mol. The summed E-state index contributed by atoms with van der Waals surface area (Å²) in [5, 5.41) is 3.54. The Balaban J connectivity index is 2.53. The van der Waals surface area contributed by atoms with Crippen molar-refractivity contribution < 1.29 is 0 Å². The molecule has 1 aromatic carbocycles. The predicted molar refractivity (Wildman–Crippen MR) is 68.5 cm³/mol. The SMILES string of the molecule is CCCC(C)CNc1cc(C)ccc1C. The van der Waals surface area contributed by atoms with Crippen LogP contribution in [0.25, 0.3) is 0 Å². The fraction of sp³-hybridized carbons (Fsp3) is 0.571. The third-order valence-corrected chi connectivity index (χ3v) is 2.82. The van der Waals surface area contributed by atoms with Crippen LogP contribution < -0.4 is 5.32 Å². The van der Waals surface area contributed by atoms with Gasteiger partial charge in [-0.3, -0.25) is 0 Å². The zero-order valence-electron chi connectivity index (χ0n) is 10.4. The maximum absolute atomic E-state index is 3.54. The molecule has 15 heavy (non-hydrogen) atoms. The van der Waals surface area contributed by atoms with Crippen molar-refractivity contribution in [3.8, 4) is 0 Å². The van der Waals surface area contributed by atoms with Crippen LogP contribution in [0.2, 0.25) is 0 Å². The van der Waals surface area contributed by atoms with E-state index in [4.69, 9.17) is 0 Å². The van der Waals surface area contributed by atoms with E-state index in [1.54, 1.807) is 0 Å².